The van der Waals surface area contributed by atoms with Gasteiger partial charge in [0, 0.05) is 17.4 Å². The number of aromatic nitrogens is 1. The summed E-state index contributed by atoms with van der Waals surface area (Å²) < 4.78 is 7.80. The number of aryl methyl sites for hydroxylation is 2. The zero-order valence-corrected chi connectivity index (χ0v) is 30.8. The van der Waals surface area contributed by atoms with E-state index >= 15 is 0 Å². The van der Waals surface area contributed by atoms with Crippen LogP contribution in [0, 0.1) is 48.9 Å². The summed E-state index contributed by atoms with van der Waals surface area (Å²) in [6.07, 6.45) is 30.1. The van der Waals surface area contributed by atoms with Crippen LogP contribution in [0.2, 0.25) is 0 Å². The van der Waals surface area contributed by atoms with Crippen molar-refractivity contribution in [2.75, 3.05) is 0 Å². The molecule has 0 radical (unpaired) electrons. The third kappa shape index (κ3) is 7.41. The summed E-state index contributed by atoms with van der Waals surface area (Å²) in [5.41, 5.74) is 9.52. The molecule has 2 atom stereocenters. The van der Waals surface area contributed by atoms with Gasteiger partial charge >= 0.3 is 114 Å². The van der Waals surface area contributed by atoms with Gasteiger partial charge < -0.3 is 10.1 Å². The van der Waals surface area contributed by atoms with Gasteiger partial charge in [0.05, 0.1) is 0 Å². The van der Waals surface area contributed by atoms with Crippen LogP contribution in [0.4, 0.5) is 0 Å². The fourth-order valence-electron chi connectivity index (χ4n) is 9.01. The molecule has 46 heavy (non-hydrogen) atoms. The van der Waals surface area contributed by atoms with Gasteiger partial charge in [0.25, 0.3) is 0 Å². The Bertz CT molecular complexity index is 1580. The first-order valence-electron chi connectivity index (χ1n) is 17.5. The van der Waals surface area contributed by atoms with Crippen molar-refractivity contribution in [3.8, 4) is 0 Å². The van der Waals surface area contributed by atoms with Crippen molar-refractivity contribution in [1.29, 1.82) is 0 Å². The van der Waals surface area contributed by atoms with Crippen LogP contribution in [0.3, 0.4) is 0 Å². The van der Waals surface area contributed by atoms with Crippen LogP contribution in [0.1, 0.15) is 100 Å². The van der Waals surface area contributed by atoms with E-state index in [1.807, 2.05) is 19.1 Å². The van der Waals surface area contributed by atoms with Crippen molar-refractivity contribution in [3.63, 3.8) is 0 Å². The maximum Gasteiger partial charge on any atom is 0.122 e. The molecule has 4 heteroatoms. The van der Waals surface area contributed by atoms with E-state index in [-0.39, 0.29) is 23.8 Å². The monoisotopic (exact) mass is 699 g/mol. The summed E-state index contributed by atoms with van der Waals surface area (Å²) in [5.74, 6) is 4.17. The van der Waals surface area contributed by atoms with Gasteiger partial charge in [0.1, 0.15) is 5.76 Å². The summed E-state index contributed by atoms with van der Waals surface area (Å²) in [6.45, 7) is 13.3. The van der Waals surface area contributed by atoms with Gasteiger partial charge in [0.15, 0.2) is 0 Å². The molecule has 4 bridgehead atoms. The molecular weight excluding hydrogens is 644 g/mol. The number of aliphatic hydroxyl groups is 1. The van der Waals surface area contributed by atoms with Crippen LogP contribution in [-0.4, -0.2) is 15.0 Å². The molecule has 7 aliphatic carbocycles. The van der Waals surface area contributed by atoms with E-state index in [0.29, 0.717) is 22.6 Å². The summed E-state index contributed by atoms with van der Waals surface area (Å²) in [6, 6.07) is 6.11. The van der Waals surface area contributed by atoms with E-state index in [1.165, 1.54) is 66.3 Å². The predicted octanol–water partition coefficient (Wildman–Crippen LogP) is 10.6. The van der Waals surface area contributed by atoms with Crippen molar-refractivity contribution in [1.82, 2.24) is 4.98 Å². The summed E-state index contributed by atoms with van der Waals surface area (Å²) in [4.78, 5) is 3.72. The summed E-state index contributed by atoms with van der Waals surface area (Å²) >= 11 is -0.214. The zero-order valence-electron chi connectivity index (χ0n) is 28.8. The molecule has 0 saturated heterocycles. The van der Waals surface area contributed by atoms with Crippen LogP contribution in [0.25, 0.3) is 11.6 Å². The number of benzene rings is 1. The number of hydrogen-bond acceptors (Lipinski definition) is 2. The fourth-order valence-corrected chi connectivity index (χ4v) is 11.0. The molecule has 2 aromatic rings. The Kier molecular flexibility index (Phi) is 10.0. The topological polar surface area (TPSA) is 46.7 Å². The largest absolute Gasteiger partial charge is 0.670 e. The zero-order chi connectivity index (χ0) is 32.5. The van der Waals surface area contributed by atoms with Crippen molar-refractivity contribution in [3.05, 3.63) is 106 Å². The second-order valence-corrected chi connectivity index (χ2v) is 17.4. The Morgan fingerprint density at radius 1 is 0.957 bits per heavy atom. The van der Waals surface area contributed by atoms with E-state index in [1.54, 1.807) is 12.4 Å². The molecule has 0 amide bonds. The van der Waals surface area contributed by atoms with Crippen LogP contribution in [0.15, 0.2) is 81.9 Å². The Morgan fingerprint density at radius 3 is 2.22 bits per heavy atom. The Hall–Kier alpha value is -2.64. The molecule has 1 unspecified atom stereocenters. The quantitative estimate of drug-likeness (QED) is 0.318. The minimum Gasteiger partial charge on any atom is -0.670 e. The molecule has 244 valence electrons. The molecule has 9 rings (SSSR count). The van der Waals surface area contributed by atoms with Crippen molar-refractivity contribution < 1.29 is 23.0 Å². The Morgan fingerprint density at radius 2 is 1.61 bits per heavy atom. The first-order chi connectivity index (χ1) is 22.0. The van der Waals surface area contributed by atoms with Crippen molar-refractivity contribution >= 4 is 16.0 Å². The third-order valence-corrected chi connectivity index (χ3v) is 14.0. The molecule has 4 saturated carbocycles. The number of fused-ring (bicyclic) bond motifs is 2. The van der Waals surface area contributed by atoms with E-state index in [4.69, 9.17) is 3.50 Å². The van der Waals surface area contributed by atoms with Gasteiger partial charge in [0.2, 0.25) is 0 Å². The van der Waals surface area contributed by atoms with Gasteiger partial charge in [-0.15, -0.1) is 0 Å². The molecule has 3 nitrogen and oxygen atoms in total. The van der Waals surface area contributed by atoms with Gasteiger partial charge in [-0.05, 0) is 67.0 Å². The molecule has 1 aromatic heterocycles. The maximum atomic E-state index is 11.0. The van der Waals surface area contributed by atoms with Crippen molar-refractivity contribution in [2.24, 2.45) is 38.5 Å². The third-order valence-electron chi connectivity index (χ3n) is 10.8. The van der Waals surface area contributed by atoms with Crippen LogP contribution in [-0.2, 0) is 24.3 Å². The Balaban J connectivity index is 0.000000146. The predicted molar refractivity (Wildman–Crippen MR) is 190 cm³/mol. The smallest absolute Gasteiger partial charge is 0.122 e. The maximum absolute atomic E-state index is 11.0. The molecule has 0 spiro atoms. The van der Waals surface area contributed by atoms with E-state index in [0.717, 1.165) is 41.7 Å². The normalized spacial score (nSPS) is 29.9. The molecule has 4 fully saturated rings. The molecule has 1 aromatic carbocycles. The van der Waals surface area contributed by atoms with Crippen LogP contribution >= 0.6 is 0 Å². The molecule has 0 aliphatic heterocycles. The average molecular weight is 698 g/mol. The van der Waals surface area contributed by atoms with E-state index < -0.39 is 0 Å². The number of allylic oxidation sites excluding steroid dienone is 8. The molecule has 7 aliphatic rings. The summed E-state index contributed by atoms with van der Waals surface area (Å²) in [5, 5.41) is 11.0. The number of rotatable bonds is 2. The standard InChI is InChI=1S/C23H24O.C10H15N.C5H10.C4H4N.Mo/c1-14-12-17-8-4-6-10-19(17)21(16(14)3)22-20-11-7-5-9-18(20)13-15(2)23(22)24;11-10-4-7-1-8(5-10)3-9(2-7)6-10;1-5(2,3)4;1-2-4-5-3-1;/h5-7,9-13,18,20,24H,4,8H2,1-3H3;7-9H,1-6H2;1H,2-4H3;1-4H;/q;;;-1;/t18-,20?;;;;/m1..../s1. The second kappa shape index (κ2) is 13.8. The molecule has 1 heterocycles. The first kappa shape index (κ1) is 33.3. The van der Waals surface area contributed by atoms with Gasteiger partial charge in [-0.25, -0.2) is 0 Å². The minimum absolute atomic E-state index is 0.214. The van der Waals surface area contributed by atoms with Crippen LogP contribution in [0.5, 0.6) is 0 Å². The summed E-state index contributed by atoms with van der Waals surface area (Å²) in [7, 11) is 0. The van der Waals surface area contributed by atoms with Crippen LogP contribution < -0.4 is 4.98 Å². The number of hydrogen-bond donors (Lipinski definition) is 1. The van der Waals surface area contributed by atoms with Gasteiger partial charge in [-0.2, -0.15) is 12.4 Å². The average Bonchev–Trinajstić information content (AvgIpc) is 3.59. The first-order valence-corrected chi connectivity index (χ1v) is 19.6. The van der Waals surface area contributed by atoms with Crippen molar-refractivity contribution in [2.45, 2.75) is 98.4 Å². The minimum atomic E-state index is -0.214. The number of nitrogens with zero attached hydrogens (tertiary/aromatic N) is 2. The molecular formula is C42H53MoN2O-. The fraction of sp³-hybridized carbons (Fsp3) is 0.500. The molecule has 1 N–H and O–H groups in total. The second-order valence-electron chi connectivity index (χ2n) is 15.8. The van der Waals surface area contributed by atoms with Gasteiger partial charge in [-0.1, -0.05) is 60.7 Å². The SMILES string of the molecule is CC(C)(C)[CH]=[Mo]=[N]C12CC3CC(CC(C3)C1)C2.CC1=C[C@H]2C=CC=CC2C(c2c(C)c(C)cc3c2C=CCC3)=C1O.c1cc[n-]c1. The van der Waals surface area contributed by atoms with E-state index in [9.17, 15) is 5.11 Å². The number of aliphatic hydroxyl groups excluding tert-OH is 1. The van der Waals surface area contributed by atoms with Gasteiger partial charge in [-0.3, -0.25) is 0 Å². The van der Waals surface area contributed by atoms with E-state index in [2.05, 4.69) is 92.6 Å². The Labute approximate surface area is 286 Å².